The largest absolute Gasteiger partial charge is 0.439 e. The summed E-state index contributed by atoms with van der Waals surface area (Å²) < 4.78 is 64.0. The van der Waals surface area contributed by atoms with Crippen LogP contribution in [0, 0.1) is 0 Å². The van der Waals surface area contributed by atoms with E-state index in [0.29, 0.717) is 0 Å². The molecule has 2 heterocycles. The molecule has 0 saturated heterocycles. The lowest BCUT2D eigenvalue weighted by Crippen LogP contribution is -2.56. The average Bonchev–Trinajstić information content (AvgIpc) is 2.83. The lowest BCUT2D eigenvalue weighted by atomic mass is 10.1. The van der Waals surface area contributed by atoms with Crippen molar-refractivity contribution in [2.24, 2.45) is 12.1 Å². The van der Waals surface area contributed by atoms with Crippen LogP contribution < -0.4 is 0 Å². The van der Waals surface area contributed by atoms with Crippen LogP contribution >= 0.6 is 0 Å². The highest BCUT2D eigenvalue weighted by Gasteiger charge is 2.64. The van der Waals surface area contributed by atoms with Gasteiger partial charge in [-0.3, -0.25) is 4.68 Å². The first-order chi connectivity index (χ1) is 8.98. The van der Waals surface area contributed by atoms with E-state index in [1.165, 1.54) is 14.0 Å². The number of alkyl halides is 3. The van der Waals surface area contributed by atoms with Crippen molar-refractivity contribution in [1.82, 2.24) is 14.2 Å². The van der Waals surface area contributed by atoms with E-state index in [2.05, 4.69) is 10.2 Å². The zero-order valence-corrected chi connectivity index (χ0v) is 11.3. The summed E-state index contributed by atoms with van der Waals surface area (Å²) in [6.07, 6.45) is -4.20. The number of aryl methyl sites for hydroxylation is 1. The number of hydrazone groups is 1. The van der Waals surface area contributed by atoms with Gasteiger partial charge in [0.1, 0.15) is 4.90 Å². The molecule has 0 bridgehead atoms. The molecule has 0 aliphatic carbocycles. The molecule has 1 aromatic rings. The molecule has 20 heavy (non-hydrogen) atoms. The van der Waals surface area contributed by atoms with Gasteiger partial charge in [0.2, 0.25) is 0 Å². The maximum Gasteiger partial charge on any atom is 0.439 e. The number of halogens is 3. The van der Waals surface area contributed by atoms with Gasteiger partial charge in [-0.1, -0.05) is 0 Å². The van der Waals surface area contributed by atoms with Gasteiger partial charge in [-0.15, -0.1) is 4.41 Å². The molecular formula is C9H11F3N4O3S. The van der Waals surface area contributed by atoms with Crippen molar-refractivity contribution in [3.8, 4) is 0 Å². The monoisotopic (exact) mass is 312 g/mol. The number of aromatic nitrogens is 2. The standard InChI is InChI=1S/C9H11F3N4O3S/c1-6-3-8(17,9(10,11)12)16(14-6)20(18,19)7-4-13-15(2)5-7/h4-5,17H,3H2,1-2H3/t8-/m0/s1. The molecule has 7 nitrogen and oxygen atoms in total. The van der Waals surface area contributed by atoms with Gasteiger partial charge < -0.3 is 5.11 Å². The molecule has 0 spiro atoms. The molecule has 1 aromatic heterocycles. The second kappa shape index (κ2) is 4.19. The van der Waals surface area contributed by atoms with Crippen molar-refractivity contribution in [3.05, 3.63) is 12.4 Å². The van der Waals surface area contributed by atoms with Gasteiger partial charge >= 0.3 is 6.18 Å². The first kappa shape index (κ1) is 14.8. The number of sulfonamides is 1. The third-order valence-corrected chi connectivity index (χ3v) is 4.39. The molecular weight excluding hydrogens is 301 g/mol. The number of aliphatic hydroxyl groups is 1. The highest BCUT2D eigenvalue weighted by molar-refractivity contribution is 7.89. The van der Waals surface area contributed by atoms with Crippen LogP contribution in [0.2, 0.25) is 0 Å². The number of hydrogen-bond acceptors (Lipinski definition) is 5. The van der Waals surface area contributed by atoms with Crippen molar-refractivity contribution in [2.45, 2.75) is 30.1 Å². The van der Waals surface area contributed by atoms with E-state index in [0.717, 1.165) is 17.1 Å². The Morgan fingerprint density at radius 2 is 2.05 bits per heavy atom. The van der Waals surface area contributed by atoms with Gasteiger partial charge in [-0.2, -0.15) is 31.8 Å². The van der Waals surface area contributed by atoms with Gasteiger partial charge in [0, 0.05) is 25.4 Å². The Bertz CT molecular complexity index is 666. The van der Waals surface area contributed by atoms with Crippen LogP contribution in [0.1, 0.15) is 13.3 Å². The summed E-state index contributed by atoms with van der Waals surface area (Å²) >= 11 is 0. The molecule has 0 saturated carbocycles. The average molecular weight is 312 g/mol. The highest BCUT2D eigenvalue weighted by atomic mass is 32.2. The molecule has 112 valence electrons. The Kier molecular flexibility index (Phi) is 3.09. The molecule has 0 radical (unpaired) electrons. The quantitative estimate of drug-likeness (QED) is 0.858. The van der Waals surface area contributed by atoms with Crippen LogP contribution in [0.15, 0.2) is 22.4 Å². The number of nitrogens with zero attached hydrogens (tertiary/aromatic N) is 4. The zero-order chi connectivity index (χ0) is 15.3. The molecule has 0 amide bonds. The third-order valence-electron chi connectivity index (χ3n) is 2.74. The highest BCUT2D eigenvalue weighted by Crippen LogP contribution is 2.42. The zero-order valence-electron chi connectivity index (χ0n) is 10.5. The summed E-state index contributed by atoms with van der Waals surface area (Å²) in [7, 11) is -3.24. The summed E-state index contributed by atoms with van der Waals surface area (Å²) in [6.45, 7) is 1.20. The maximum atomic E-state index is 13.0. The summed E-state index contributed by atoms with van der Waals surface area (Å²) in [6, 6.07) is 0. The summed E-state index contributed by atoms with van der Waals surface area (Å²) in [4.78, 5) is -0.485. The van der Waals surface area contributed by atoms with Crippen molar-refractivity contribution < 1.29 is 26.7 Å². The molecule has 2 rings (SSSR count). The Morgan fingerprint density at radius 3 is 2.50 bits per heavy atom. The van der Waals surface area contributed by atoms with Gasteiger partial charge in [0.05, 0.1) is 6.20 Å². The fourth-order valence-corrected chi connectivity index (χ4v) is 3.27. The summed E-state index contributed by atoms with van der Waals surface area (Å²) in [5.74, 6) is 0. The first-order valence-electron chi connectivity index (χ1n) is 5.36. The molecule has 1 aliphatic heterocycles. The SMILES string of the molecule is CC1=NN(S(=O)(=O)c2cnn(C)c2)[C@@](O)(C(F)(F)F)C1. The van der Waals surface area contributed by atoms with E-state index in [9.17, 15) is 26.7 Å². The predicted molar refractivity (Wildman–Crippen MR) is 61.0 cm³/mol. The van der Waals surface area contributed by atoms with E-state index in [4.69, 9.17) is 0 Å². The van der Waals surface area contributed by atoms with E-state index >= 15 is 0 Å². The van der Waals surface area contributed by atoms with Crippen LogP contribution in [-0.2, 0) is 17.1 Å². The van der Waals surface area contributed by atoms with Crippen LogP contribution in [0.5, 0.6) is 0 Å². The minimum atomic E-state index is -5.18. The fraction of sp³-hybridized carbons (Fsp3) is 0.556. The Morgan fingerprint density at radius 1 is 1.45 bits per heavy atom. The second-order valence-electron chi connectivity index (χ2n) is 4.42. The van der Waals surface area contributed by atoms with Gasteiger partial charge in [-0.05, 0) is 6.92 Å². The number of rotatable bonds is 2. The van der Waals surface area contributed by atoms with Crippen molar-refractivity contribution in [3.63, 3.8) is 0 Å². The van der Waals surface area contributed by atoms with E-state index in [-0.39, 0.29) is 10.1 Å². The second-order valence-corrected chi connectivity index (χ2v) is 6.19. The first-order valence-corrected chi connectivity index (χ1v) is 6.80. The van der Waals surface area contributed by atoms with Crippen molar-refractivity contribution in [1.29, 1.82) is 0 Å². The smallest absolute Gasteiger partial charge is 0.361 e. The molecule has 11 heteroatoms. The molecule has 0 unspecified atom stereocenters. The Labute approximate surface area is 112 Å². The van der Waals surface area contributed by atoms with Crippen LogP contribution in [0.4, 0.5) is 13.2 Å². The minimum Gasteiger partial charge on any atom is -0.361 e. The molecule has 1 aliphatic rings. The summed E-state index contributed by atoms with van der Waals surface area (Å²) in [5, 5.41) is 16.6. The molecule has 0 fully saturated rings. The van der Waals surface area contributed by atoms with E-state index in [1.54, 1.807) is 0 Å². The molecule has 1 atom stereocenters. The topological polar surface area (TPSA) is 87.8 Å². The van der Waals surface area contributed by atoms with Gasteiger partial charge in [-0.25, -0.2) is 0 Å². The normalized spacial score (nSPS) is 24.1. The summed E-state index contributed by atoms with van der Waals surface area (Å²) in [5.41, 5.74) is -3.72. The van der Waals surface area contributed by atoms with E-state index < -0.39 is 33.2 Å². The van der Waals surface area contributed by atoms with Crippen molar-refractivity contribution >= 4 is 15.7 Å². The predicted octanol–water partition coefficient (Wildman–Crippen LogP) is 0.441. The van der Waals surface area contributed by atoms with Crippen LogP contribution in [-0.4, -0.2) is 45.3 Å². The molecule has 1 N–H and O–H groups in total. The van der Waals surface area contributed by atoms with E-state index in [1.807, 2.05) is 0 Å². The van der Waals surface area contributed by atoms with Crippen LogP contribution in [0.3, 0.4) is 0 Å². The van der Waals surface area contributed by atoms with Crippen molar-refractivity contribution in [2.75, 3.05) is 0 Å². The lowest BCUT2D eigenvalue weighted by molar-refractivity contribution is -0.291. The van der Waals surface area contributed by atoms with Crippen LogP contribution in [0.25, 0.3) is 0 Å². The number of hydrogen-bond donors (Lipinski definition) is 1. The Balaban J connectivity index is 2.55. The lowest BCUT2D eigenvalue weighted by Gasteiger charge is -2.32. The maximum absolute atomic E-state index is 13.0. The Hall–Kier alpha value is -1.62. The van der Waals surface area contributed by atoms with Gasteiger partial charge in [0.25, 0.3) is 15.7 Å². The van der Waals surface area contributed by atoms with Gasteiger partial charge in [0.15, 0.2) is 0 Å². The molecule has 0 aromatic carbocycles. The third kappa shape index (κ3) is 2.06. The minimum absolute atomic E-state index is 0.141. The fourth-order valence-electron chi connectivity index (χ4n) is 1.79.